The van der Waals surface area contributed by atoms with Gasteiger partial charge in [0.2, 0.25) is 5.95 Å². The summed E-state index contributed by atoms with van der Waals surface area (Å²) in [6.45, 7) is 2.51. The minimum Gasteiger partial charge on any atom is -0.493 e. The second kappa shape index (κ2) is 8.20. The van der Waals surface area contributed by atoms with E-state index in [0.717, 1.165) is 16.0 Å². The van der Waals surface area contributed by atoms with Gasteiger partial charge in [0.25, 0.3) is 5.56 Å². The number of anilines is 1. The maximum absolute atomic E-state index is 13.0. The summed E-state index contributed by atoms with van der Waals surface area (Å²) in [7, 11) is 4.95. The highest BCUT2D eigenvalue weighted by Gasteiger charge is 2.15. The summed E-state index contributed by atoms with van der Waals surface area (Å²) < 4.78 is 13.1. The molecule has 30 heavy (non-hydrogen) atoms. The molecular formula is C23H23N3O3S. The van der Waals surface area contributed by atoms with Crippen LogP contribution in [0.5, 0.6) is 11.5 Å². The molecular weight excluding hydrogens is 398 g/mol. The predicted octanol–water partition coefficient (Wildman–Crippen LogP) is 4.60. The number of hydrogen-bond donors (Lipinski definition) is 1. The third-order valence-corrected chi connectivity index (χ3v) is 6.23. The molecule has 0 aliphatic heterocycles. The number of aryl methyl sites for hydroxylation is 1. The van der Waals surface area contributed by atoms with Crippen LogP contribution in [0.15, 0.2) is 53.3 Å². The van der Waals surface area contributed by atoms with Crippen molar-refractivity contribution in [1.82, 2.24) is 9.55 Å². The van der Waals surface area contributed by atoms with Gasteiger partial charge in [0.1, 0.15) is 4.70 Å². The summed E-state index contributed by atoms with van der Waals surface area (Å²) in [5, 5.41) is 3.27. The predicted molar refractivity (Wildman–Crippen MR) is 122 cm³/mol. The Bertz CT molecular complexity index is 1280. The lowest BCUT2D eigenvalue weighted by atomic mass is 10.1. The Kier molecular flexibility index (Phi) is 5.46. The number of rotatable bonds is 6. The van der Waals surface area contributed by atoms with Crippen LogP contribution in [0.2, 0.25) is 0 Å². The van der Waals surface area contributed by atoms with E-state index in [2.05, 4.69) is 24.4 Å². The van der Waals surface area contributed by atoms with Gasteiger partial charge in [-0.15, -0.1) is 11.3 Å². The molecule has 0 fully saturated rings. The third kappa shape index (κ3) is 3.52. The molecule has 0 amide bonds. The lowest BCUT2D eigenvalue weighted by Gasteiger charge is -2.14. The summed E-state index contributed by atoms with van der Waals surface area (Å²) in [5.74, 6) is 1.83. The van der Waals surface area contributed by atoms with E-state index in [1.54, 1.807) is 25.8 Å². The Morgan fingerprint density at radius 3 is 2.63 bits per heavy atom. The minimum atomic E-state index is -0.0649. The van der Waals surface area contributed by atoms with Gasteiger partial charge in [-0.05, 0) is 30.2 Å². The number of hydrogen-bond acceptors (Lipinski definition) is 6. The number of benzene rings is 2. The maximum atomic E-state index is 13.0. The first-order valence-corrected chi connectivity index (χ1v) is 10.4. The zero-order valence-electron chi connectivity index (χ0n) is 17.4. The van der Waals surface area contributed by atoms with Gasteiger partial charge in [0, 0.05) is 24.0 Å². The highest BCUT2D eigenvalue weighted by Crippen LogP contribution is 2.34. The van der Waals surface area contributed by atoms with Crippen LogP contribution in [0.1, 0.15) is 11.1 Å². The number of methoxy groups -OCH3 is 2. The van der Waals surface area contributed by atoms with Crippen molar-refractivity contribution in [3.05, 3.63) is 70.0 Å². The normalized spacial score (nSPS) is 10.9. The monoisotopic (exact) mass is 421 g/mol. The van der Waals surface area contributed by atoms with Crippen LogP contribution in [0.4, 0.5) is 5.95 Å². The fraction of sp³-hybridized carbons (Fsp3) is 0.217. The Labute approximate surface area is 178 Å². The summed E-state index contributed by atoms with van der Waals surface area (Å²) >= 11 is 1.48. The van der Waals surface area contributed by atoms with Gasteiger partial charge in [0.15, 0.2) is 11.5 Å². The molecule has 154 valence electrons. The molecule has 2 aromatic heterocycles. The van der Waals surface area contributed by atoms with E-state index in [1.165, 1.54) is 16.9 Å². The lowest BCUT2D eigenvalue weighted by molar-refractivity contribution is 0.352. The fourth-order valence-corrected chi connectivity index (χ4v) is 4.63. The van der Waals surface area contributed by atoms with Gasteiger partial charge in [0.05, 0.1) is 19.7 Å². The van der Waals surface area contributed by atoms with Crippen LogP contribution in [0.25, 0.3) is 20.7 Å². The average molecular weight is 422 g/mol. The molecule has 6 nitrogen and oxygen atoms in total. The van der Waals surface area contributed by atoms with Crippen LogP contribution in [-0.2, 0) is 13.6 Å². The molecule has 0 saturated carbocycles. The molecule has 0 saturated heterocycles. The highest BCUT2D eigenvalue weighted by atomic mass is 32.1. The molecule has 4 aromatic rings. The molecule has 1 N–H and O–H groups in total. The topological polar surface area (TPSA) is 65.4 Å². The first kappa shape index (κ1) is 20.0. The first-order valence-electron chi connectivity index (χ1n) is 9.53. The van der Waals surface area contributed by atoms with Crippen LogP contribution in [0.3, 0.4) is 0 Å². The molecule has 0 aliphatic carbocycles. The van der Waals surface area contributed by atoms with E-state index >= 15 is 0 Å². The Hall–Kier alpha value is -3.32. The lowest BCUT2D eigenvalue weighted by Crippen LogP contribution is -2.21. The van der Waals surface area contributed by atoms with Crippen LogP contribution in [0, 0.1) is 6.92 Å². The molecule has 0 atom stereocenters. The zero-order chi connectivity index (χ0) is 21.3. The molecule has 0 aliphatic rings. The number of thiophene rings is 1. The fourth-order valence-electron chi connectivity index (χ4n) is 3.46. The first-order chi connectivity index (χ1) is 14.5. The van der Waals surface area contributed by atoms with Crippen molar-refractivity contribution in [2.24, 2.45) is 7.05 Å². The summed E-state index contributed by atoms with van der Waals surface area (Å²) in [5.41, 5.74) is 3.84. The van der Waals surface area contributed by atoms with E-state index in [-0.39, 0.29) is 5.56 Å². The van der Waals surface area contributed by atoms with E-state index in [9.17, 15) is 4.79 Å². The van der Waals surface area contributed by atoms with Gasteiger partial charge in [-0.1, -0.05) is 36.4 Å². The summed E-state index contributed by atoms with van der Waals surface area (Å²) in [6.07, 6.45) is 0. The van der Waals surface area contributed by atoms with E-state index in [4.69, 9.17) is 14.5 Å². The van der Waals surface area contributed by atoms with Crippen molar-refractivity contribution in [3.8, 4) is 21.9 Å². The van der Waals surface area contributed by atoms with Gasteiger partial charge >= 0.3 is 0 Å². The van der Waals surface area contributed by atoms with Gasteiger partial charge in [-0.2, -0.15) is 0 Å². The quantitative estimate of drug-likeness (QED) is 0.493. The maximum Gasteiger partial charge on any atom is 0.272 e. The summed E-state index contributed by atoms with van der Waals surface area (Å²) in [4.78, 5) is 18.7. The van der Waals surface area contributed by atoms with Gasteiger partial charge in [-0.3, -0.25) is 9.36 Å². The molecule has 4 rings (SSSR count). The standard InChI is InChI=1S/C23H23N3O3S/c1-14-8-5-6-10-16(14)19-12-17-21(30-19)22(27)26(2)23(25-17)24-13-15-9-7-11-18(28-3)20(15)29-4/h5-12H,13H2,1-4H3,(H,24,25). The number of ether oxygens (including phenoxy) is 2. The second-order valence-corrected chi connectivity index (χ2v) is 8.00. The summed E-state index contributed by atoms with van der Waals surface area (Å²) in [6, 6.07) is 15.8. The number of aromatic nitrogens is 2. The third-order valence-electron chi connectivity index (χ3n) is 5.09. The van der Waals surface area contributed by atoms with Gasteiger partial charge in [-0.25, -0.2) is 4.98 Å². The number of nitrogens with zero attached hydrogens (tertiary/aromatic N) is 2. The van der Waals surface area contributed by atoms with Crippen LogP contribution < -0.4 is 20.3 Å². The molecule has 0 bridgehead atoms. The minimum absolute atomic E-state index is 0.0649. The SMILES string of the molecule is COc1cccc(CNc2nc3cc(-c4ccccc4C)sc3c(=O)n2C)c1OC. The van der Waals surface area contributed by atoms with E-state index in [0.29, 0.717) is 34.2 Å². The number of para-hydroxylation sites is 1. The number of nitrogens with one attached hydrogen (secondary N) is 1. The average Bonchev–Trinajstić information content (AvgIpc) is 3.19. The van der Waals surface area contributed by atoms with Crippen LogP contribution in [-0.4, -0.2) is 23.8 Å². The van der Waals surface area contributed by atoms with Gasteiger partial charge < -0.3 is 14.8 Å². The van der Waals surface area contributed by atoms with E-state index < -0.39 is 0 Å². The smallest absolute Gasteiger partial charge is 0.272 e. The van der Waals surface area contributed by atoms with Crippen molar-refractivity contribution in [2.75, 3.05) is 19.5 Å². The Morgan fingerprint density at radius 2 is 1.90 bits per heavy atom. The highest BCUT2D eigenvalue weighted by molar-refractivity contribution is 7.22. The molecule has 7 heteroatoms. The molecule has 2 aromatic carbocycles. The molecule has 0 spiro atoms. The Morgan fingerprint density at radius 1 is 1.10 bits per heavy atom. The molecule has 0 unspecified atom stereocenters. The van der Waals surface area contributed by atoms with Crippen molar-refractivity contribution < 1.29 is 9.47 Å². The van der Waals surface area contributed by atoms with Crippen molar-refractivity contribution >= 4 is 27.5 Å². The van der Waals surface area contributed by atoms with Crippen molar-refractivity contribution in [3.63, 3.8) is 0 Å². The zero-order valence-corrected chi connectivity index (χ0v) is 18.2. The largest absolute Gasteiger partial charge is 0.493 e. The Balaban J connectivity index is 1.70. The van der Waals surface area contributed by atoms with Crippen LogP contribution >= 0.6 is 11.3 Å². The van der Waals surface area contributed by atoms with Crippen molar-refractivity contribution in [1.29, 1.82) is 0 Å². The second-order valence-electron chi connectivity index (χ2n) is 6.95. The van der Waals surface area contributed by atoms with Crippen molar-refractivity contribution in [2.45, 2.75) is 13.5 Å². The molecule has 0 radical (unpaired) electrons. The number of fused-ring (bicyclic) bond motifs is 1. The molecule has 2 heterocycles. The van der Waals surface area contributed by atoms with E-state index in [1.807, 2.05) is 36.4 Å².